The minimum atomic E-state index is -0.212. The van der Waals surface area contributed by atoms with Crippen LogP contribution >= 0.6 is 23.2 Å². The number of carbonyl (C=O) groups is 1. The highest BCUT2D eigenvalue weighted by Crippen LogP contribution is 2.33. The molecule has 2 heterocycles. The van der Waals surface area contributed by atoms with Gasteiger partial charge < -0.3 is 10.1 Å². The van der Waals surface area contributed by atoms with Crippen molar-refractivity contribution < 1.29 is 9.53 Å². The summed E-state index contributed by atoms with van der Waals surface area (Å²) in [6.45, 7) is 5.01. The summed E-state index contributed by atoms with van der Waals surface area (Å²) in [5, 5.41) is 8.56. The van der Waals surface area contributed by atoms with Crippen molar-refractivity contribution in [3.05, 3.63) is 69.7 Å². The number of ether oxygens (including phenoxy) is 1. The molecule has 0 bridgehead atoms. The van der Waals surface area contributed by atoms with E-state index in [1.807, 2.05) is 18.5 Å². The van der Waals surface area contributed by atoms with Crippen molar-refractivity contribution in [3.63, 3.8) is 0 Å². The number of aromatic nitrogens is 3. The zero-order valence-electron chi connectivity index (χ0n) is 16.3. The molecule has 0 radical (unpaired) electrons. The van der Waals surface area contributed by atoms with Crippen molar-refractivity contribution in [1.29, 1.82) is 0 Å². The molecule has 1 amide bonds. The van der Waals surface area contributed by atoms with Gasteiger partial charge >= 0.3 is 0 Å². The van der Waals surface area contributed by atoms with Crippen LogP contribution < -0.4 is 10.1 Å². The molecule has 1 N–H and O–H groups in total. The van der Waals surface area contributed by atoms with Crippen LogP contribution in [0.5, 0.6) is 11.5 Å². The van der Waals surface area contributed by atoms with Gasteiger partial charge in [-0.05, 0) is 43.2 Å². The summed E-state index contributed by atoms with van der Waals surface area (Å²) < 4.78 is 7.99. The number of carbonyl (C=O) groups excluding carboxylic acids is 1. The Morgan fingerprint density at radius 1 is 1.14 bits per heavy atom. The lowest BCUT2D eigenvalue weighted by Gasteiger charge is -2.10. The molecule has 0 fully saturated rings. The molecule has 152 valence electrons. The number of nitrogens with one attached hydrogen (secondary N) is 1. The molecule has 0 unspecified atom stereocenters. The fourth-order valence-electron chi connectivity index (χ4n) is 2.98. The highest BCUT2D eigenvalue weighted by Gasteiger charge is 2.18. The van der Waals surface area contributed by atoms with Gasteiger partial charge in [0.15, 0.2) is 5.75 Å². The second-order valence-electron chi connectivity index (χ2n) is 6.33. The van der Waals surface area contributed by atoms with Gasteiger partial charge in [-0.15, -0.1) is 0 Å². The summed E-state index contributed by atoms with van der Waals surface area (Å²) in [7, 11) is 0. The Morgan fingerprint density at radius 3 is 2.52 bits per heavy atom. The fraction of sp³-hybridized carbons (Fsp3) is 0.286. The van der Waals surface area contributed by atoms with E-state index < -0.39 is 0 Å². The first kappa shape index (κ1) is 21.1. The van der Waals surface area contributed by atoms with Crippen molar-refractivity contribution in [2.75, 3.05) is 6.54 Å². The van der Waals surface area contributed by atoms with E-state index in [4.69, 9.17) is 27.9 Å². The van der Waals surface area contributed by atoms with E-state index in [1.54, 1.807) is 42.6 Å². The van der Waals surface area contributed by atoms with Crippen LogP contribution in [0.4, 0.5) is 0 Å². The van der Waals surface area contributed by atoms with Crippen molar-refractivity contribution in [2.24, 2.45) is 0 Å². The van der Waals surface area contributed by atoms with Crippen molar-refractivity contribution in [1.82, 2.24) is 20.1 Å². The molecule has 3 rings (SSSR count). The van der Waals surface area contributed by atoms with Gasteiger partial charge in [0.1, 0.15) is 17.1 Å². The Balaban J connectivity index is 1.75. The average molecular weight is 433 g/mol. The van der Waals surface area contributed by atoms with Gasteiger partial charge in [0, 0.05) is 22.8 Å². The molecule has 0 aliphatic carbocycles. The zero-order valence-corrected chi connectivity index (χ0v) is 17.8. The monoisotopic (exact) mass is 432 g/mol. The predicted octanol–water partition coefficient (Wildman–Crippen LogP) is 4.93. The Labute approximate surface area is 179 Å². The minimum absolute atomic E-state index is 0.212. The smallest absolute Gasteiger partial charge is 0.269 e. The molecular formula is C21H22Cl2N4O2. The summed E-state index contributed by atoms with van der Waals surface area (Å²) >= 11 is 12.2. The first-order valence-electron chi connectivity index (χ1n) is 9.43. The highest BCUT2D eigenvalue weighted by molar-refractivity contribution is 6.34. The second-order valence-corrected chi connectivity index (χ2v) is 7.20. The maximum absolute atomic E-state index is 12.2. The van der Waals surface area contributed by atoms with Crippen LogP contribution in [-0.4, -0.2) is 27.2 Å². The lowest BCUT2D eigenvalue weighted by molar-refractivity contribution is 0.0947. The third-order valence-corrected chi connectivity index (χ3v) is 4.75. The maximum atomic E-state index is 12.2. The van der Waals surface area contributed by atoms with Crippen LogP contribution in [0, 0.1) is 0 Å². The number of amides is 1. The van der Waals surface area contributed by atoms with Crippen LogP contribution in [0.15, 0.2) is 42.6 Å². The van der Waals surface area contributed by atoms with E-state index in [-0.39, 0.29) is 5.91 Å². The molecule has 0 aliphatic heterocycles. The SMILES string of the molecule is CCc1nn(CCNC(=O)c2ccccn2)c(CC)c1Oc1cc(Cl)cc(Cl)c1. The van der Waals surface area contributed by atoms with Gasteiger partial charge in [0.25, 0.3) is 5.91 Å². The quantitative estimate of drug-likeness (QED) is 0.547. The Hall–Kier alpha value is -2.57. The Kier molecular flexibility index (Phi) is 7.12. The van der Waals surface area contributed by atoms with E-state index in [2.05, 4.69) is 15.4 Å². The van der Waals surface area contributed by atoms with Crippen LogP contribution in [-0.2, 0) is 19.4 Å². The molecule has 29 heavy (non-hydrogen) atoms. The van der Waals surface area contributed by atoms with Crippen molar-refractivity contribution >= 4 is 29.1 Å². The molecule has 8 heteroatoms. The standard InChI is InChI=1S/C21H22Cl2N4O2/c1-3-17-20(29-16-12-14(22)11-15(23)13-16)19(4-2)27(26-17)10-9-25-21(28)18-7-5-6-8-24-18/h5-8,11-13H,3-4,9-10H2,1-2H3,(H,25,28). The van der Waals surface area contributed by atoms with Gasteiger partial charge in [0.05, 0.1) is 12.2 Å². The van der Waals surface area contributed by atoms with E-state index in [0.717, 1.165) is 17.8 Å². The molecule has 0 spiro atoms. The van der Waals surface area contributed by atoms with E-state index >= 15 is 0 Å². The summed E-state index contributed by atoms with van der Waals surface area (Å²) in [5.74, 6) is 1.07. The number of hydrogen-bond donors (Lipinski definition) is 1. The maximum Gasteiger partial charge on any atom is 0.269 e. The predicted molar refractivity (Wildman–Crippen MR) is 114 cm³/mol. The van der Waals surface area contributed by atoms with Crippen LogP contribution in [0.25, 0.3) is 0 Å². The number of aryl methyl sites for hydroxylation is 1. The molecule has 2 aromatic heterocycles. The molecule has 1 aromatic carbocycles. The van der Waals surface area contributed by atoms with Gasteiger partial charge in [-0.25, -0.2) is 0 Å². The number of hydrogen-bond acceptors (Lipinski definition) is 4. The summed E-state index contributed by atoms with van der Waals surface area (Å²) in [6.07, 6.45) is 3.03. The molecule has 0 atom stereocenters. The largest absolute Gasteiger partial charge is 0.453 e. The van der Waals surface area contributed by atoms with Crippen molar-refractivity contribution in [2.45, 2.75) is 33.2 Å². The van der Waals surface area contributed by atoms with Gasteiger partial charge in [0.2, 0.25) is 0 Å². The van der Waals surface area contributed by atoms with Crippen LogP contribution in [0.3, 0.4) is 0 Å². The van der Waals surface area contributed by atoms with E-state index in [0.29, 0.717) is 46.7 Å². The number of nitrogens with zero attached hydrogens (tertiary/aromatic N) is 3. The number of rotatable bonds is 8. The first-order chi connectivity index (χ1) is 14.0. The third kappa shape index (κ3) is 5.28. The zero-order chi connectivity index (χ0) is 20.8. The number of pyridine rings is 1. The van der Waals surface area contributed by atoms with Gasteiger partial charge in [-0.1, -0.05) is 43.1 Å². The molecule has 6 nitrogen and oxygen atoms in total. The number of benzene rings is 1. The fourth-order valence-corrected chi connectivity index (χ4v) is 3.49. The lowest BCUT2D eigenvalue weighted by Crippen LogP contribution is -2.28. The van der Waals surface area contributed by atoms with Gasteiger partial charge in [-0.2, -0.15) is 5.10 Å². The van der Waals surface area contributed by atoms with Crippen LogP contribution in [0.2, 0.25) is 10.0 Å². The topological polar surface area (TPSA) is 69.0 Å². The molecule has 0 saturated heterocycles. The average Bonchev–Trinajstić information content (AvgIpc) is 3.04. The molecule has 0 saturated carbocycles. The Morgan fingerprint density at radius 2 is 1.90 bits per heavy atom. The van der Waals surface area contributed by atoms with Gasteiger partial charge in [-0.3, -0.25) is 14.5 Å². The first-order valence-corrected chi connectivity index (χ1v) is 10.2. The summed E-state index contributed by atoms with van der Waals surface area (Å²) in [5.41, 5.74) is 2.18. The van der Waals surface area contributed by atoms with Crippen LogP contribution in [0.1, 0.15) is 35.7 Å². The summed E-state index contributed by atoms with van der Waals surface area (Å²) in [6, 6.07) is 10.3. The minimum Gasteiger partial charge on any atom is -0.453 e. The van der Waals surface area contributed by atoms with E-state index in [9.17, 15) is 4.79 Å². The third-order valence-electron chi connectivity index (χ3n) is 4.31. The van der Waals surface area contributed by atoms with Crippen molar-refractivity contribution in [3.8, 4) is 11.5 Å². The highest BCUT2D eigenvalue weighted by atomic mass is 35.5. The summed E-state index contributed by atoms with van der Waals surface area (Å²) in [4.78, 5) is 16.2. The molecule has 0 aliphatic rings. The van der Waals surface area contributed by atoms with E-state index in [1.165, 1.54) is 0 Å². The lowest BCUT2D eigenvalue weighted by atomic mass is 10.2. The normalized spacial score (nSPS) is 10.8. The Bertz CT molecular complexity index is 970. The second kappa shape index (κ2) is 9.76. The number of halogens is 2. The molecule has 3 aromatic rings. The molecular weight excluding hydrogens is 411 g/mol.